The summed E-state index contributed by atoms with van der Waals surface area (Å²) < 4.78 is 0. The van der Waals surface area contributed by atoms with Crippen LogP contribution in [0.5, 0.6) is 5.75 Å². The maximum Gasteiger partial charge on any atom is 0.148 e. The molecule has 1 fully saturated rings. The monoisotopic (exact) mass is 378 g/mol. The van der Waals surface area contributed by atoms with Gasteiger partial charge < -0.3 is 14.9 Å². The Labute approximate surface area is 163 Å². The highest BCUT2D eigenvalue weighted by atomic mass is 32.2. The molecule has 0 aliphatic carbocycles. The van der Waals surface area contributed by atoms with Crippen molar-refractivity contribution in [2.75, 3.05) is 36.0 Å². The number of hydrogen-bond donors (Lipinski definition) is 1. The Balaban J connectivity index is 1.38. The number of para-hydroxylation sites is 2. The third-order valence-corrected chi connectivity index (χ3v) is 5.63. The van der Waals surface area contributed by atoms with Gasteiger partial charge in [0.15, 0.2) is 0 Å². The number of aromatic hydroxyl groups is 1. The summed E-state index contributed by atoms with van der Waals surface area (Å²) in [4.78, 5) is 13.6. The lowest BCUT2D eigenvalue weighted by atomic mass is 10.2. The van der Waals surface area contributed by atoms with Crippen molar-refractivity contribution in [2.45, 2.75) is 10.8 Å². The Morgan fingerprint density at radius 2 is 1.56 bits per heavy atom. The molecule has 0 atom stereocenters. The van der Waals surface area contributed by atoms with Crippen LogP contribution in [0, 0.1) is 0 Å². The lowest BCUT2D eigenvalue weighted by molar-refractivity contribution is 0.472. The second kappa shape index (κ2) is 8.31. The average molecular weight is 379 g/mol. The van der Waals surface area contributed by atoms with Gasteiger partial charge in [-0.1, -0.05) is 42.5 Å². The third kappa shape index (κ3) is 4.34. The molecule has 1 aromatic heterocycles. The van der Waals surface area contributed by atoms with Crippen molar-refractivity contribution >= 4 is 23.3 Å². The first kappa shape index (κ1) is 17.7. The molecular weight excluding hydrogens is 356 g/mol. The van der Waals surface area contributed by atoms with Crippen LogP contribution in [0.3, 0.4) is 0 Å². The maximum atomic E-state index is 10.1. The van der Waals surface area contributed by atoms with Gasteiger partial charge in [-0.2, -0.15) is 0 Å². The van der Waals surface area contributed by atoms with Crippen LogP contribution in [-0.2, 0) is 5.75 Å². The van der Waals surface area contributed by atoms with Gasteiger partial charge in [0.05, 0.1) is 18.1 Å². The first-order chi connectivity index (χ1) is 13.3. The number of benzene rings is 2. The second-order valence-electron chi connectivity index (χ2n) is 6.45. The van der Waals surface area contributed by atoms with Gasteiger partial charge in [0.2, 0.25) is 0 Å². The normalized spacial score (nSPS) is 14.4. The highest BCUT2D eigenvalue weighted by Crippen LogP contribution is 2.28. The van der Waals surface area contributed by atoms with E-state index >= 15 is 0 Å². The van der Waals surface area contributed by atoms with Crippen LogP contribution in [0.2, 0.25) is 0 Å². The zero-order valence-corrected chi connectivity index (χ0v) is 15.8. The maximum absolute atomic E-state index is 10.1. The molecule has 2 aromatic carbocycles. The van der Waals surface area contributed by atoms with Crippen molar-refractivity contribution in [1.29, 1.82) is 0 Å². The van der Waals surface area contributed by atoms with Gasteiger partial charge in [0.1, 0.15) is 16.6 Å². The molecule has 5 nitrogen and oxygen atoms in total. The van der Waals surface area contributed by atoms with E-state index in [1.165, 1.54) is 5.56 Å². The highest BCUT2D eigenvalue weighted by molar-refractivity contribution is 7.98. The number of aromatic nitrogens is 2. The van der Waals surface area contributed by atoms with E-state index in [0.717, 1.165) is 48.5 Å². The fourth-order valence-electron chi connectivity index (χ4n) is 3.20. The Bertz CT molecular complexity index is 882. The van der Waals surface area contributed by atoms with Crippen LogP contribution < -0.4 is 9.80 Å². The van der Waals surface area contributed by atoms with Crippen molar-refractivity contribution in [3.63, 3.8) is 0 Å². The van der Waals surface area contributed by atoms with Crippen molar-refractivity contribution in [3.8, 4) is 5.75 Å². The fraction of sp³-hybridized carbons (Fsp3) is 0.238. The number of piperazine rings is 1. The predicted molar refractivity (Wildman–Crippen MR) is 111 cm³/mol. The number of rotatable bonds is 5. The summed E-state index contributed by atoms with van der Waals surface area (Å²) in [6.45, 7) is 3.41. The first-order valence-electron chi connectivity index (χ1n) is 9.06. The minimum absolute atomic E-state index is 0.338. The van der Waals surface area contributed by atoms with Gasteiger partial charge in [0.25, 0.3) is 0 Å². The topological polar surface area (TPSA) is 52.5 Å². The van der Waals surface area contributed by atoms with E-state index in [1.807, 2.05) is 36.7 Å². The minimum atomic E-state index is 0.338. The first-order valence-corrected chi connectivity index (χ1v) is 10.0. The van der Waals surface area contributed by atoms with Gasteiger partial charge >= 0.3 is 0 Å². The quantitative estimate of drug-likeness (QED) is 0.682. The number of nitrogens with zero attached hydrogens (tertiary/aromatic N) is 4. The van der Waals surface area contributed by atoms with Crippen molar-refractivity contribution in [2.24, 2.45) is 0 Å². The van der Waals surface area contributed by atoms with Crippen LogP contribution in [0.4, 0.5) is 11.5 Å². The molecule has 3 aromatic rings. The largest absolute Gasteiger partial charge is 0.506 e. The number of phenolic OH excluding ortho intramolecular Hbond substituents is 1. The van der Waals surface area contributed by atoms with Crippen molar-refractivity contribution < 1.29 is 5.11 Å². The molecule has 138 valence electrons. The molecule has 2 heterocycles. The Kier molecular flexibility index (Phi) is 5.44. The van der Waals surface area contributed by atoms with E-state index in [9.17, 15) is 5.11 Å². The number of phenols is 1. The molecule has 4 rings (SSSR count). The molecule has 1 aliphatic rings. The molecular formula is C21H22N4OS. The summed E-state index contributed by atoms with van der Waals surface area (Å²) in [5, 5.41) is 11.0. The lowest BCUT2D eigenvalue weighted by Crippen LogP contribution is -2.46. The fourth-order valence-corrected chi connectivity index (χ4v) is 4.00. The SMILES string of the molecule is Oc1ccccc1N1CCN(c2cncc(SCc3ccccc3)n2)CC1. The van der Waals surface area contributed by atoms with E-state index in [0.29, 0.717) is 5.75 Å². The summed E-state index contributed by atoms with van der Waals surface area (Å²) in [5.74, 6) is 2.15. The van der Waals surface area contributed by atoms with Crippen LogP contribution in [0.25, 0.3) is 0 Å². The molecule has 0 saturated carbocycles. The number of hydrogen-bond acceptors (Lipinski definition) is 6. The predicted octanol–water partition coefficient (Wildman–Crippen LogP) is 3.80. The smallest absolute Gasteiger partial charge is 0.148 e. The summed E-state index contributed by atoms with van der Waals surface area (Å²) in [7, 11) is 0. The van der Waals surface area contributed by atoms with Crippen molar-refractivity contribution in [1.82, 2.24) is 9.97 Å². The van der Waals surface area contributed by atoms with Crippen LogP contribution >= 0.6 is 11.8 Å². The van der Waals surface area contributed by atoms with E-state index in [2.05, 4.69) is 39.0 Å². The lowest BCUT2D eigenvalue weighted by Gasteiger charge is -2.36. The highest BCUT2D eigenvalue weighted by Gasteiger charge is 2.20. The summed E-state index contributed by atoms with van der Waals surface area (Å²) >= 11 is 1.71. The van der Waals surface area contributed by atoms with E-state index < -0.39 is 0 Å². The molecule has 0 radical (unpaired) electrons. The molecule has 27 heavy (non-hydrogen) atoms. The molecule has 0 amide bonds. The number of thioether (sulfide) groups is 1. The van der Waals surface area contributed by atoms with E-state index in [-0.39, 0.29) is 0 Å². The van der Waals surface area contributed by atoms with Gasteiger partial charge in [0, 0.05) is 31.9 Å². The van der Waals surface area contributed by atoms with Crippen LogP contribution in [0.1, 0.15) is 5.56 Å². The standard InChI is InChI=1S/C21H22N4OS/c26-19-9-5-4-8-18(19)24-10-12-25(13-11-24)20-14-22-15-21(23-20)27-16-17-6-2-1-3-7-17/h1-9,14-15,26H,10-13,16H2. The van der Waals surface area contributed by atoms with Crippen LogP contribution in [0.15, 0.2) is 72.0 Å². The summed E-state index contributed by atoms with van der Waals surface area (Å²) in [5.41, 5.74) is 2.18. The van der Waals surface area contributed by atoms with E-state index in [4.69, 9.17) is 4.98 Å². The molecule has 0 unspecified atom stereocenters. The zero-order chi connectivity index (χ0) is 18.5. The average Bonchev–Trinajstić information content (AvgIpc) is 2.74. The van der Waals surface area contributed by atoms with Gasteiger partial charge in [-0.25, -0.2) is 4.98 Å². The molecule has 1 N–H and O–H groups in total. The van der Waals surface area contributed by atoms with E-state index in [1.54, 1.807) is 17.8 Å². The summed E-state index contributed by atoms with van der Waals surface area (Å²) in [6, 6.07) is 17.9. The Morgan fingerprint density at radius 1 is 0.852 bits per heavy atom. The zero-order valence-electron chi connectivity index (χ0n) is 15.0. The minimum Gasteiger partial charge on any atom is -0.506 e. The van der Waals surface area contributed by atoms with Gasteiger partial charge in [-0.15, -0.1) is 11.8 Å². The molecule has 0 bridgehead atoms. The molecule has 1 saturated heterocycles. The van der Waals surface area contributed by atoms with Crippen LogP contribution in [-0.4, -0.2) is 41.3 Å². The van der Waals surface area contributed by atoms with Gasteiger partial charge in [-0.05, 0) is 17.7 Å². The second-order valence-corrected chi connectivity index (χ2v) is 7.45. The molecule has 6 heteroatoms. The molecule has 1 aliphatic heterocycles. The third-order valence-electron chi connectivity index (χ3n) is 4.66. The van der Waals surface area contributed by atoms with Crippen molar-refractivity contribution in [3.05, 3.63) is 72.6 Å². The Morgan fingerprint density at radius 3 is 2.33 bits per heavy atom. The Hall–Kier alpha value is -2.73. The molecule has 0 spiro atoms. The summed E-state index contributed by atoms with van der Waals surface area (Å²) in [6.07, 6.45) is 3.66. The van der Waals surface area contributed by atoms with Gasteiger partial charge in [-0.3, -0.25) is 4.98 Å². The number of anilines is 2.